The van der Waals surface area contributed by atoms with Gasteiger partial charge >= 0.3 is 5.97 Å². The summed E-state index contributed by atoms with van der Waals surface area (Å²) >= 11 is 0.815. The molecule has 2 rings (SSSR count). The zero-order valence-corrected chi connectivity index (χ0v) is 15.3. The molecule has 0 aliphatic carbocycles. The van der Waals surface area contributed by atoms with Gasteiger partial charge < -0.3 is 9.47 Å². The Balaban J connectivity index is 2.07. The van der Waals surface area contributed by atoms with E-state index in [1.165, 1.54) is 0 Å². The van der Waals surface area contributed by atoms with Gasteiger partial charge in [0, 0.05) is 0 Å². The first-order valence-electron chi connectivity index (χ1n) is 8.12. The Kier molecular flexibility index (Phi) is 6.64. The van der Waals surface area contributed by atoms with Crippen molar-refractivity contribution in [2.75, 3.05) is 13.2 Å². The first-order valence-corrected chi connectivity index (χ1v) is 8.94. The third kappa shape index (κ3) is 5.09. The fourth-order valence-electron chi connectivity index (χ4n) is 2.08. The van der Waals surface area contributed by atoms with Gasteiger partial charge in [0.2, 0.25) is 0 Å². The largest absolute Gasteiger partial charge is 0.491 e. The number of carbonyl (C=O) groups is 3. The lowest BCUT2D eigenvalue weighted by Crippen LogP contribution is -2.34. The number of carbonyl (C=O) groups excluding carboxylic acids is 3. The van der Waals surface area contributed by atoms with E-state index in [1.54, 1.807) is 13.0 Å². The smallest absolute Gasteiger partial charge is 0.326 e. The van der Waals surface area contributed by atoms with E-state index in [1.807, 2.05) is 38.1 Å². The van der Waals surface area contributed by atoms with Crippen LogP contribution in [0.1, 0.15) is 32.8 Å². The fourth-order valence-corrected chi connectivity index (χ4v) is 2.92. The van der Waals surface area contributed by atoms with E-state index in [9.17, 15) is 14.4 Å². The molecule has 25 heavy (non-hydrogen) atoms. The Bertz CT molecular complexity index is 683. The molecule has 2 amide bonds. The minimum atomic E-state index is -0.599. The average molecular weight is 363 g/mol. The van der Waals surface area contributed by atoms with E-state index in [0.29, 0.717) is 0 Å². The van der Waals surface area contributed by atoms with Crippen molar-refractivity contribution in [1.82, 2.24) is 4.90 Å². The lowest BCUT2D eigenvalue weighted by molar-refractivity contribution is -0.145. The molecule has 1 heterocycles. The molecule has 0 radical (unpaired) electrons. The Labute approximate surface area is 151 Å². The van der Waals surface area contributed by atoms with E-state index in [0.717, 1.165) is 34.4 Å². The summed E-state index contributed by atoms with van der Waals surface area (Å²) < 4.78 is 10.5. The van der Waals surface area contributed by atoms with Crippen LogP contribution in [0.25, 0.3) is 6.08 Å². The number of amides is 2. The fraction of sp³-hybridized carbons (Fsp3) is 0.389. The summed E-state index contributed by atoms with van der Waals surface area (Å²) in [6.45, 7) is 5.55. The van der Waals surface area contributed by atoms with E-state index in [4.69, 9.17) is 9.47 Å². The van der Waals surface area contributed by atoms with Gasteiger partial charge in [-0.1, -0.05) is 19.1 Å². The zero-order valence-electron chi connectivity index (χ0n) is 14.5. The highest BCUT2D eigenvalue weighted by atomic mass is 32.2. The van der Waals surface area contributed by atoms with Gasteiger partial charge in [-0.15, -0.1) is 0 Å². The number of nitrogens with zero attached hydrogens (tertiary/aromatic N) is 1. The van der Waals surface area contributed by atoms with Gasteiger partial charge in [-0.05, 0) is 55.8 Å². The maximum atomic E-state index is 12.3. The van der Waals surface area contributed by atoms with Crippen LogP contribution in [0.2, 0.25) is 0 Å². The Morgan fingerprint density at radius 3 is 2.52 bits per heavy atom. The van der Waals surface area contributed by atoms with Crippen LogP contribution in [0.15, 0.2) is 29.2 Å². The maximum absolute atomic E-state index is 12.3. The molecule has 1 aromatic rings. The van der Waals surface area contributed by atoms with Gasteiger partial charge in [0.1, 0.15) is 12.3 Å². The average Bonchev–Trinajstić information content (AvgIpc) is 2.84. The molecule has 0 saturated carbocycles. The number of benzene rings is 1. The van der Waals surface area contributed by atoms with E-state index >= 15 is 0 Å². The summed E-state index contributed by atoms with van der Waals surface area (Å²) in [5, 5.41) is -0.471. The van der Waals surface area contributed by atoms with Crippen molar-refractivity contribution in [1.29, 1.82) is 0 Å². The molecule has 1 aliphatic heterocycles. The molecule has 0 spiro atoms. The predicted molar refractivity (Wildman–Crippen MR) is 96.1 cm³/mol. The van der Waals surface area contributed by atoms with Crippen LogP contribution in [-0.2, 0) is 14.3 Å². The van der Waals surface area contributed by atoms with Crippen LogP contribution in [0, 0.1) is 0 Å². The van der Waals surface area contributed by atoms with E-state index < -0.39 is 17.1 Å². The highest BCUT2D eigenvalue weighted by Gasteiger charge is 2.36. The van der Waals surface area contributed by atoms with Crippen LogP contribution >= 0.6 is 11.8 Å². The third-order valence-electron chi connectivity index (χ3n) is 3.56. The zero-order chi connectivity index (χ0) is 18.4. The molecule has 0 N–H and O–H groups in total. The Morgan fingerprint density at radius 1 is 1.24 bits per heavy atom. The standard InChI is InChI=1S/C18H21NO5S/c1-4-12(3)24-14-8-6-13(7-9-14)10-15-17(21)19(18(22)25-15)11-16(20)23-5-2/h6-10,12H,4-5,11H2,1-3H3/b15-10-. The van der Waals surface area contributed by atoms with Crippen molar-refractivity contribution in [3.63, 3.8) is 0 Å². The highest BCUT2D eigenvalue weighted by Crippen LogP contribution is 2.32. The second kappa shape index (κ2) is 8.71. The van der Waals surface area contributed by atoms with Crippen molar-refractivity contribution < 1.29 is 23.9 Å². The molecular formula is C18H21NO5S. The van der Waals surface area contributed by atoms with Gasteiger partial charge in [0.25, 0.3) is 11.1 Å². The molecule has 1 saturated heterocycles. The topological polar surface area (TPSA) is 72.9 Å². The van der Waals surface area contributed by atoms with Gasteiger partial charge in [-0.25, -0.2) is 0 Å². The molecular weight excluding hydrogens is 342 g/mol. The number of hydrogen-bond acceptors (Lipinski definition) is 6. The summed E-state index contributed by atoms with van der Waals surface area (Å²) in [5.74, 6) is -0.331. The second-order valence-corrected chi connectivity index (χ2v) is 6.47. The number of imide groups is 1. The number of esters is 1. The maximum Gasteiger partial charge on any atom is 0.326 e. The van der Waals surface area contributed by atoms with Crippen molar-refractivity contribution in [3.05, 3.63) is 34.7 Å². The minimum absolute atomic E-state index is 0.130. The minimum Gasteiger partial charge on any atom is -0.491 e. The predicted octanol–water partition coefficient (Wildman–Crippen LogP) is 3.46. The van der Waals surface area contributed by atoms with Crippen molar-refractivity contribution >= 4 is 35.0 Å². The molecule has 6 nitrogen and oxygen atoms in total. The molecule has 1 aliphatic rings. The van der Waals surface area contributed by atoms with Gasteiger partial charge in [-0.3, -0.25) is 19.3 Å². The third-order valence-corrected chi connectivity index (χ3v) is 4.46. The molecule has 1 atom stereocenters. The summed E-state index contributed by atoms with van der Waals surface area (Å²) in [7, 11) is 0. The van der Waals surface area contributed by atoms with Crippen molar-refractivity contribution in [3.8, 4) is 5.75 Å². The van der Waals surface area contributed by atoms with Crippen LogP contribution in [0.5, 0.6) is 5.75 Å². The second-order valence-electron chi connectivity index (χ2n) is 5.48. The number of thioether (sulfide) groups is 1. The molecule has 7 heteroatoms. The summed E-state index contributed by atoms with van der Waals surface area (Å²) in [5.41, 5.74) is 0.776. The molecule has 0 aromatic heterocycles. The highest BCUT2D eigenvalue weighted by molar-refractivity contribution is 8.18. The first kappa shape index (κ1) is 19.1. The molecule has 1 aromatic carbocycles. The number of rotatable bonds is 7. The van der Waals surface area contributed by atoms with E-state index in [2.05, 4.69) is 0 Å². The molecule has 134 valence electrons. The monoisotopic (exact) mass is 363 g/mol. The molecule has 0 bridgehead atoms. The summed E-state index contributed by atoms with van der Waals surface area (Å²) in [6.07, 6.45) is 2.67. The molecule has 1 fully saturated rings. The molecule has 1 unspecified atom stereocenters. The lowest BCUT2D eigenvalue weighted by Gasteiger charge is -2.12. The van der Waals surface area contributed by atoms with Crippen molar-refractivity contribution in [2.24, 2.45) is 0 Å². The lowest BCUT2D eigenvalue weighted by atomic mass is 10.2. The summed E-state index contributed by atoms with van der Waals surface area (Å²) in [6, 6.07) is 7.27. The van der Waals surface area contributed by atoms with Gasteiger partial charge in [0.05, 0.1) is 17.6 Å². The quantitative estimate of drug-likeness (QED) is 0.546. The Morgan fingerprint density at radius 2 is 1.92 bits per heavy atom. The normalized spacial score (nSPS) is 17.1. The van der Waals surface area contributed by atoms with Crippen LogP contribution in [-0.4, -0.2) is 41.3 Å². The first-order chi connectivity index (χ1) is 11.9. The van der Waals surface area contributed by atoms with Crippen molar-refractivity contribution in [2.45, 2.75) is 33.3 Å². The van der Waals surface area contributed by atoms with Gasteiger partial charge in [-0.2, -0.15) is 0 Å². The van der Waals surface area contributed by atoms with Crippen LogP contribution < -0.4 is 4.74 Å². The summed E-state index contributed by atoms with van der Waals surface area (Å²) in [4.78, 5) is 36.9. The van der Waals surface area contributed by atoms with E-state index in [-0.39, 0.29) is 24.2 Å². The number of hydrogen-bond donors (Lipinski definition) is 0. The number of ether oxygens (including phenoxy) is 2. The van der Waals surface area contributed by atoms with Crippen LogP contribution in [0.4, 0.5) is 4.79 Å². The Hall–Kier alpha value is -2.28. The van der Waals surface area contributed by atoms with Gasteiger partial charge in [0.15, 0.2) is 0 Å². The SMILES string of the molecule is CCOC(=O)CN1C(=O)S/C(=C\c2ccc(OC(C)CC)cc2)C1=O. The van der Waals surface area contributed by atoms with Crippen LogP contribution in [0.3, 0.4) is 0 Å².